The molecular formula is C20H30N4O6. The molecule has 166 valence electrons. The maximum absolute atomic E-state index is 12.9. The molecule has 10 heteroatoms. The first-order chi connectivity index (χ1) is 14.1. The standard InChI is InChI=1S/C20H30N4O6/c1-4-11(2)17(24-16(26)10-21)19(28)23-15(18(27)22-12(3)20(29)30)9-13-5-7-14(25)8-6-13/h5-8,11-12,15,17,25H,4,9-10,21H2,1-3H3,(H,22,27)(H,23,28)(H,24,26)(H,29,30). The van der Waals surface area contributed by atoms with Gasteiger partial charge in [0.05, 0.1) is 6.54 Å². The number of hydrogen-bond donors (Lipinski definition) is 6. The zero-order valence-corrected chi connectivity index (χ0v) is 17.3. The van der Waals surface area contributed by atoms with E-state index in [1.54, 1.807) is 19.1 Å². The zero-order valence-electron chi connectivity index (χ0n) is 17.3. The van der Waals surface area contributed by atoms with Crippen molar-refractivity contribution in [3.63, 3.8) is 0 Å². The van der Waals surface area contributed by atoms with Gasteiger partial charge in [0, 0.05) is 6.42 Å². The third-order valence-corrected chi connectivity index (χ3v) is 4.74. The Bertz CT molecular complexity index is 752. The number of phenolic OH excluding ortho intramolecular Hbond substituents is 1. The molecule has 30 heavy (non-hydrogen) atoms. The molecule has 0 spiro atoms. The summed E-state index contributed by atoms with van der Waals surface area (Å²) < 4.78 is 0. The van der Waals surface area contributed by atoms with E-state index in [4.69, 9.17) is 10.8 Å². The van der Waals surface area contributed by atoms with Gasteiger partial charge in [-0.3, -0.25) is 19.2 Å². The second kappa shape index (κ2) is 11.8. The molecule has 0 aliphatic carbocycles. The summed E-state index contributed by atoms with van der Waals surface area (Å²) in [5.41, 5.74) is 5.97. The second-order valence-corrected chi connectivity index (χ2v) is 7.14. The molecule has 3 amide bonds. The van der Waals surface area contributed by atoms with E-state index < -0.39 is 41.8 Å². The van der Waals surface area contributed by atoms with Gasteiger partial charge in [-0.05, 0) is 30.5 Å². The first-order valence-electron chi connectivity index (χ1n) is 9.69. The average Bonchev–Trinajstić information content (AvgIpc) is 2.71. The summed E-state index contributed by atoms with van der Waals surface area (Å²) in [7, 11) is 0. The Morgan fingerprint density at radius 1 is 1.00 bits per heavy atom. The second-order valence-electron chi connectivity index (χ2n) is 7.14. The van der Waals surface area contributed by atoms with E-state index in [0.717, 1.165) is 0 Å². The Labute approximate surface area is 175 Å². The Hall–Kier alpha value is -3.14. The molecule has 1 aromatic carbocycles. The number of amides is 3. The van der Waals surface area contributed by atoms with Crippen LogP contribution >= 0.6 is 0 Å². The molecule has 4 atom stereocenters. The summed E-state index contributed by atoms with van der Waals surface area (Å²) in [6.07, 6.45) is 0.649. The van der Waals surface area contributed by atoms with Crippen molar-refractivity contribution in [3.8, 4) is 5.75 Å². The molecular weight excluding hydrogens is 392 g/mol. The highest BCUT2D eigenvalue weighted by molar-refractivity contribution is 5.93. The Morgan fingerprint density at radius 2 is 1.60 bits per heavy atom. The van der Waals surface area contributed by atoms with E-state index in [-0.39, 0.29) is 24.6 Å². The Morgan fingerprint density at radius 3 is 2.10 bits per heavy atom. The molecule has 0 bridgehead atoms. The maximum Gasteiger partial charge on any atom is 0.325 e. The maximum atomic E-state index is 12.9. The molecule has 0 aromatic heterocycles. The average molecular weight is 422 g/mol. The molecule has 1 rings (SSSR count). The molecule has 7 N–H and O–H groups in total. The van der Waals surface area contributed by atoms with Crippen molar-refractivity contribution in [3.05, 3.63) is 29.8 Å². The number of hydrogen-bond acceptors (Lipinski definition) is 6. The van der Waals surface area contributed by atoms with E-state index in [0.29, 0.717) is 12.0 Å². The van der Waals surface area contributed by atoms with Crippen LogP contribution in [0.5, 0.6) is 5.75 Å². The van der Waals surface area contributed by atoms with Crippen molar-refractivity contribution in [1.29, 1.82) is 0 Å². The lowest BCUT2D eigenvalue weighted by Crippen LogP contribution is -2.58. The number of aromatic hydroxyl groups is 1. The first-order valence-corrected chi connectivity index (χ1v) is 9.69. The fourth-order valence-corrected chi connectivity index (χ4v) is 2.65. The van der Waals surface area contributed by atoms with Crippen molar-refractivity contribution in [2.45, 2.75) is 51.7 Å². The zero-order chi connectivity index (χ0) is 22.8. The van der Waals surface area contributed by atoms with Crippen molar-refractivity contribution < 1.29 is 29.4 Å². The van der Waals surface area contributed by atoms with Gasteiger partial charge in [-0.25, -0.2) is 0 Å². The summed E-state index contributed by atoms with van der Waals surface area (Å²) in [6, 6.07) is 2.91. The third-order valence-electron chi connectivity index (χ3n) is 4.74. The lowest BCUT2D eigenvalue weighted by molar-refractivity contribution is -0.141. The number of nitrogens with one attached hydrogen (secondary N) is 3. The smallest absolute Gasteiger partial charge is 0.325 e. The van der Waals surface area contributed by atoms with Crippen LogP contribution in [0.3, 0.4) is 0 Å². The highest BCUT2D eigenvalue weighted by Gasteiger charge is 2.30. The Kier molecular flexibility index (Phi) is 9.76. The van der Waals surface area contributed by atoms with Gasteiger partial charge in [-0.15, -0.1) is 0 Å². The fraction of sp³-hybridized carbons (Fsp3) is 0.500. The van der Waals surface area contributed by atoms with Gasteiger partial charge in [-0.1, -0.05) is 32.4 Å². The predicted octanol–water partition coefficient (Wildman–Crippen LogP) is -0.502. The van der Waals surface area contributed by atoms with Gasteiger partial charge in [0.25, 0.3) is 0 Å². The lowest BCUT2D eigenvalue weighted by atomic mass is 9.97. The minimum absolute atomic E-state index is 0.0459. The quantitative estimate of drug-likeness (QED) is 0.279. The van der Waals surface area contributed by atoms with Crippen LogP contribution in [0.1, 0.15) is 32.8 Å². The van der Waals surface area contributed by atoms with Crippen LogP contribution < -0.4 is 21.7 Å². The fourth-order valence-electron chi connectivity index (χ4n) is 2.65. The number of aliphatic carboxylic acids is 1. The molecule has 4 unspecified atom stereocenters. The Balaban J connectivity index is 3.07. The van der Waals surface area contributed by atoms with E-state index in [1.807, 2.05) is 6.92 Å². The lowest BCUT2D eigenvalue weighted by Gasteiger charge is -2.27. The normalized spacial score (nSPS) is 14.7. The van der Waals surface area contributed by atoms with E-state index >= 15 is 0 Å². The molecule has 0 saturated heterocycles. The van der Waals surface area contributed by atoms with E-state index in [1.165, 1.54) is 19.1 Å². The topological polar surface area (TPSA) is 171 Å². The molecule has 10 nitrogen and oxygen atoms in total. The highest BCUT2D eigenvalue weighted by atomic mass is 16.4. The number of carbonyl (C=O) groups is 4. The number of benzene rings is 1. The van der Waals surface area contributed by atoms with Crippen molar-refractivity contribution in [2.24, 2.45) is 11.7 Å². The van der Waals surface area contributed by atoms with Crippen LogP contribution in [-0.2, 0) is 25.6 Å². The SMILES string of the molecule is CCC(C)C(NC(=O)CN)C(=O)NC(Cc1ccc(O)cc1)C(=O)NC(C)C(=O)O. The van der Waals surface area contributed by atoms with Gasteiger partial charge in [0.15, 0.2) is 0 Å². The van der Waals surface area contributed by atoms with E-state index in [9.17, 15) is 24.3 Å². The first kappa shape index (κ1) is 24.9. The van der Waals surface area contributed by atoms with Crippen LogP contribution in [-0.4, -0.2) is 58.6 Å². The third kappa shape index (κ3) is 7.70. The van der Waals surface area contributed by atoms with Gasteiger partial charge in [0.2, 0.25) is 17.7 Å². The molecule has 0 aliphatic heterocycles. The minimum Gasteiger partial charge on any atom is -0.508 e. The number of phenols is 1. The number of nitrogens with two attached hydrogens (primary N) is 1. The van der Waals surface area contributed by atoms with Crippen LogP contribution in [0.15, 0.2) is 24.3 Å². The van der Waals surface area contributed by atoms with Crippen LogP contribution in [0.2, 0.25) is 0 Å². The molecule has 0 radical (unpaired) electrons. The number of rotatable bonds is 11. The van der Waals surface area contributed by atoms with Crippen molar-refractivity contribution in [2.75, 3.05) is 6.54 Å². The summed E-state index contributed by atoms with van der Waals surface area (Å²) in [6.45, 7) is 4.66. The van der Waals surface area contributed by atoms with Gasteiger partial charge in [0.1, 0.15) is 23.9 Å². The summed E-state index contributed by atoms with van der Waals surface area (Å²) >= 11 is 0. The number of carboxylic acid groups (broad SMARTS) is 1. The van der Waals surface area contributed by atoms with Crippen LogP contribution in [0.4, 0.5) is 0 Å². The summed E-state index contributed by atoms with van der Waals surface area (Å²) in [5, 5.41) is 26.0. The highest BCUT2D eigenvalue weighted by Crippen LogP contribution is 2.13. The van der Waals surface area contributed by atoms with E-state index in [2.05, 4.69) is 16.0 Å². The molecule has 1 aromatic rings. The van der Waals surface area contributed by atoms with Gasteiger partial charge >= 0.3 is 5.97 Å². The van der Waals surface area contributed by atoms with Crippen molar-refractivity contribution >= 4 is 23.7 Å². The van der Waals surface area contributed by atoms with Gasteiger partial charge < -0.3 is 31.9 Å². The molecule has 0 aliphatic rings. The molecule has 0 fully saturated rings. The number of carboxylic acids is 1. The largest absolute Gasteiger partial charge is 0.508 e. The minimum atomic E-state index is -1.22. The predicted molar refractivity (Wildman–Crippen MR) is 109 cm³/mol. The number of carbonyl (C=O) groups excluding carboxylic acids is 3. The summed E-state index contributed by atoms with van der Waals surface area (Å²) in [5.74, 6) is -3.16. The summed E-state index contributed by atoms with van der Waals surface area (Å²) in [4.78, 5) is 48.3. The van der Waals surface area contributed by atoms with Crippen molar-refractivity contribution in [1.82, 2.24) is 16.0 Å². The van der Waals surface area contributed by atoms with Crippen LogP contribution in [0, 0.1) is 5.92 Å². The van der Waals surface area contributed by atoms with Gasteiger partial charge in [-0.2, -0.15) is 0 Å². The van der Waals surface area contributed by atoms with Crippen LogP contribution in [0.25, 0.3) is 0 Å². The monoisotopic (exact) mass is 422 g/mol. The molecule has 0 saturated carbocycles. The molecule has 0 heterocycles.